The highest BCUT2D eigenvalue weighted by atomic mass is 32.1. The molecule has 1 aromatic carbocycles. The molecule has 0 fully saturated rings. The lowest BCUT2D eigenvalue weighted by atomic mass is 10.1. The number of fused-ring (bicyclic) bond motifs is 1. The van der Waals surface area contributed by atoms with Crippen LogP contribution in [0.5, 0.6) is 0 Å². The van der Waals surface area contributed by atoms with Gasteiger partial charge in [0.25, 0.3) is 0 Å². The summed E-state index contributed by atoms with van der Waals surface area (Å²) in [4.78, 5) is 0. The van der Waals surface area contributed by atoms with Crippen molar-refractivity contribution < 1.29 is 9.50 Å². The maximum absolute atomic E-state index is 13.3. The number of hydrogen-bond acceptors (Lipinski definition) is 3. The van der Waals surface area contributed by atoms with Crippen molar-refractivity contribution >= 4 is 11.3 Å². The molecule has 0 bridgehead atoms. The summed E-state index contributed by atoms with van der Waals surface area (Å²) < 4.78 is 13.3. The minimum Gasteiger partial charge on any atom is -0.387 e. The topological polar surface area (TPSA) is 32.3 Å². The summed E-state index contributed by atoms with van der Waals surface area (Å²) in [5.74, 6) is -0.189. The van der Waals surface area contributed by atoms with Gasteiger partial charge in [0.05, 0.1) is 6.10 Å². The van der Waals surface area contributed by atoms with Gasteiger partial charge in [-0.15, -0.1) is 0 Å². The van der Waals surface area contributed by atoms with E-state index in [4.69, 9.17) is 0 Å². The molecule has 1 aromatic heterocycles. The van der Waals surface area contributed by atoms with Crippen molar-refractivity contribution in [2.24, 2.45) is 0 Å². The zero-order chi connectivity index (χ0) is 13.2. The van der Waals surface area contributed by atoms with Crippen molar-refractivity contribution in [3.63, 3.8) is 0 Å². The Morgan fingerprint density at radius 3 is 3.11 bits per heavy atom. The molecule has 0 aliphatic heterocycles. The molecule has 100 valence electrons. The van der Waals surface area contributed by atoms with Crippen LogP contribution < -0.4 is 5.32 Å². The lowest BCUT2D eigenvalue weighted by Crippen LogP contribution is -2.25. The summed E-state index contributed by atoms with van der Waals surface area (Å²) in [7, 11) is 0. The number of aliphatic hydroxyl groups excluding tert-OH is 1. The van der Waals surface area contributed by atoms with Gasteiger partial charge in [-0.3, -0.25) is 0 Å². The van der Waals surface area contributed by atoms with Crippen LogP contribution >= 0.6 is 11.3 Å². The largest absolute Gasteiger partial charge is 0.387 e. The number of nitrogens with one attached hydrogen (secondary N) is 1. The fourth-order valence-electron chi connectivity index (χ4n) is 2.62. The Hall–Kier alpha value is -1.23. The van der Waals surface area contributed by atoms with E-state index in [1.54, 1.807) is 17.4 Å². The second-order valence-electron chi connectivity index (χ2n) is 4.92. The predicted molar refractivity (Wildman–Crippen MR) is 74.7 cm³/mol. The van der Waals surface area contributed by atoms with Crippen LogP contribution in [0.25, 0.3) is 0 Å². The third kappa shape index (κ3) is 2.71. The Labute approximate surface area is 115 Å². The number of aryl methyl sites for hydroxylation is 1. The number of benzene rings is 1. The van der Waals surface area contributed by atoms with Gasteiger partial charge in [0.2, 0.25) is 0 Å². The first-order chi connectivity index (χ1) is 9.24. The molecule has 19 heavy (non-hydrogen) atoms. The number of halogens is 1. The van der Waals surface area contributed by atoms with E-state index in [0.717, 1.165) is 24.0 Å². The van der Waals surface area contributed by atoms with Gasteiger partial charge in [0.15, 0.2) is 0 Å². The molecular weight excluding hydrogens is 261 g/mol. The van der Waals surface area contributed by atoms with Crippen molar-refractivity contribution in [2.75, 3.05) is 6.54 Å². The van der Waals surface area contributed by atoms with E-state index in [9.17, 15) is 9.50 Å². The third-order valence-corrected chi connectivity index (χ3v) is 4.37. The Morgan fingerprint density at radius 2 is 2.32 bits per heavy atom. The van der Waals surface area contributed by atoms with Gasteiger partial charge in [-0.25, -0.2) is 4.39 Å². The monoisotopic (exact) mass is 277 g/mol. The zero-order valence-electron chi connectivity index (χ0n) is 10.5. The molecule has 2 atom stereocenters. The van der Waals surface area contributed by atoms with E-state index in [0.29, 0.717) is 6.54 Å². The second kappa shape index (κ2) is 5.41. The van der Waals surface area contributed by atoms with E-state index in [1.165, 1.54) is 11.6 Å². The highest BCUT2D eigenvalue weighted by Crippen LogP contribution is 2.31. The molecule has 0 amide bonds. The van der Waals surface area contributed by atoms with Gasteiger partial charge in [-0.05, 0) is 58.5 Å². The maximum atomic E-state index is 13.3. The highest BCUT2D eigenvalue weighted by Gasteiger charge is 2.23. The first-order valence-corrected chi connectivity index (χ1v) is 7.40. The molecule has 2 N–H and O–H groups in total. The number of hydrogen-bond donors (Lipinski definition) is 2. The number of aliphatic hydroxyl groups is 1. The standard InChI is InChI=1S/C15H16FNOS/c16-12-3-1-10-2-4-14(13(10)7-12)17-8-15(18)11-5-6-19-9-11/h1,3,5-7,9,14-15,17-18H,2,4,8H2. The Bertz CT molecular complexity index is 555. The van der Waals surface area contributed by atoms with Crippen molar-refractivity contribution in [2.45, 2.75) is 25.0 Å². The molecular formula is C15H16FNOS. The molecule has 0 spiro atoms. The zero-order valence-corrected chi connectivity index (χ0v) is 11.3. The smallest absolute Gasteiger partial charge is 0.123 e. The quantitative estimate of drug-likeness (QED) is 0.899. The van der Waals surface area contributed by atoms with E-state index >= 15 is 0 Å². The molecule has 1 aliphatic carbocycles. The van der Waals surface area contributed by atoms with Gasteiger partial charge < -0.3 is 10.4 Å². The fraction of sp³-hybridized carbons (Fsp3) is 0.333. The Balaban J connectivity index is 1.65. The molecule has 0 saturated carbocycles. The maximum Gasteiger partial charge on any atom is 0.123 e. The van der Waals surface area contributed by atoms with Gasteiger partial charge in [-0.1, -0.05) is 6.07 Å². The number of rotatable bonds is 4. The van der Waals surface area contributed by atoms with Gasteiger partial charge in [-0.2, -0.15) is 11.3 Å². The van der Waals surface area contributed by atoms with Gasteiger partial charge in [0.1, 0.15) is 5.82 Å². The fourth-order valence-corrected chi connectivity index (χ4v) is 3.33. The number of thiophene rings is 1. The third-order valence-electron chi connectivity index (χ3n) is 3.67. The van der Waals surface area contributed by atoms with Crippen LogP contribution in [0.2, 0.25) is 0 Å². The molecule has 0 radical (unpaired) electrons. The first-order valence-electron chi connectivity index (χ1n) is 6.46. The van der Waals surface area contributed by atoms with E-state index < -0.39 is 6.10 Å². The van der Waals surface area contributed by atoms with Crippen LogP contribution in [0.3, 0.4) is 0 Å². The first kappa shape index (κ1) is 12.8. The summed E-state index contributed by atoms with van der Waals surface area (Å²) in [6, 6.07) is 7.07. The van der Waals surface area contributed by atoms with Crippen molar-refractivity contribution in [3.05, 3.63) is 57.5 Å². The molecule has 2 nitrogen and oxygen atoms in total. The average Bonchev–Trinajstić information content (AvgIpc) is 3.05. The molecule has 1 aliphatic rings. The minimum atomic E-state index is -0.496. The Kier molecular flexibility index (Phi) is 3.64. The molecule has 2 unspecified atom stereocenters. The predicted octanol–water partition coefficient (Wildman–Crippen LogP) is 3.20. The lowest BCUT2D eigenvalue weighted by molar-refractivity contribution is 0.170. The second-order valence-corrected chi connectivity index (χ2v) is 5.70. The lowest BCUT2D eigenvalue weighted by Gasteiger charge is -2.17. The summed E-state index contributed by atoms with van der Waals surface area (Å²) >= 11 is 1.58. The van der Waals surface area contributed by atoms with Crippen LogP contribution in [0.15, 0.2) is 35.0 Å². The van der Waals surface area contributed by atoms with Crippen LogP contribution in [-0.2, 0) is 6.42 Å². The molecule has 2 aromatic rings. The van der Waals surface area contributed by atoms with Crippen molar-refractivity contribution in [1.29, 1.82) is 0 Å². The van der Waals surface area contributed by atoms with Crippen LogP contribution in [-0.4, -0.2) is 11.7 Å². The van der Waals surface area contributed by atoms with Crippen LogP contribution in [0.1, 0.15) is 35.3 Å². The van der Waals surface area contributed by atoms with Gasteiger partial charge in [0, 0.05) is 12.6 Å². The van der Waals surface area contributed by atoms with Crippen molar-refractivity contribution in [3.8, 4) is 0 Å². The van der Waals surface area contributed by atoms with Crippen molar-refractivity contribution in [1.82, 2.24) is 5.32 Å². The minimum absolute atomic E-state index is 0.152. The SMILES string of the molecule is OC(CNC1CCc2ccc(F)cc21)c1ccsc1. The van der Waals surface area contributed by atoms with E-state index in [1.807, 2.05) is 22.9 Å². The van der Waals surface area contributed by atoms with E-state index in [-0.39, 0.29) is 11.9 Å². The molecule has 1 heterocycles. The summed E-state index contributed by atoms with van der Waals surface area (Å²) in [5.41, 5.74) is 3.19. The summed E-state index contributed by atoms with van der Waals surface area (Å²) in [6.45, 7) is 0.497. The van der Waals surface area contributed by atoms with Crippen LogP contribution in [0, 0.1) is 5.82 Å². The normalized spacial score (nSPS) is 19.4. The summed E-state index contributed by atoms with van der Waals surface area (Å²) in [5, 5.41) is 17.3. The highest BCUT2D eigenvalue weighted by molar-refractivity contribution is 7.07. The Morgan fingerprint density at radius 1 is 1.42 bits per heavy atom. The summed E-state index contributed by atoms with van der Waals surface area (Å²) in [6.07, 6.45) is 1.45. The molecule has 0 saturated heterocycles. The van der Waals surface area contributed by atoms with Crippen LogP contribution in [0.4, 0.5) is 4.39 Å². The molecule has 4 heteroatoms. The van der Waals surface area contributed by atoms with E-state index in [2.05, 4.69) is 5.32 Å². The average molecular weight is 277 g/mol. The molecule has 3 rings (SSSR count). The van der Waals surface area contributed by atoms with Gasteiger partial charge >= 0.3 is 0 Å².